The Morgan fingerprint density at radius 1 is 1.10 bits per heavy atom. The summed E-state index contributed by atoms with van der Waals surface area (Å²) in [5.74, 6) is -2.00. The third-order valence-electron chi connectivity index (χ3n) is 7.81. The molecule has 1 aliphatic heterocycles. The number of nitrogens with zero attached hydrogens (tertiary/aromatic N) is 1. The SMILES string of the molecule is C=C[C@@H]1C[C@]1(NC(=O)[C@@H]1C[C@@](O)(c2ccc3ccccc3c2)CN1C(=O)OC(C)(C)C)C(=O)NS(=O)(=O)C1CC1. The monoisotopic (exact) mass is 569 g/mol. The van der Waals surface area contributed by atoms with Crippen LogP contribution in [0.4, 0.5) is 4.79 Å². The van der Waals surface area contributed by atoms with E-state index in [1.807, 2.05) is 36.4 Å². The van der Waals surface area contributed by atoms with Crippen molar-refractivity contribution in [1.82, 2.24) is 14.9 Å². The maximum atomic E-state index is 13.8. The molecule has 40 heavy (non-hydrogen) atoms. The van der Waals surface area contributed by atoms with Crippen molar-refractivity contribution in [1.29, 1.82) is 0 Å². The molecule has 0 bridgehead atoms. The average molecular weight is 570 g/mol. The van der Waals surface area contributed by atoms with Gasteiger partial charge in [0.1, 0.15) is 22.8 Å². The van der Waals surface area contributed by atoms with Crippen LogP contribution in [0.1, 0.15) is 52.0 Å². The van der Waals surface area contributed by atoms with Gasteiger partial charge in [0.25, 0.3) is 5.91 Å². The maximum Gasteiger partial charge on any atom is 0.411 e. The van der Waals surface area contributed by atoms with Crippen molar-refractivity contribution in [2.24, 2.45) is 5.92 Å². The van der Waals surface area contributed by atoms with E-state index in [2.05, 4.69) is 16.6 Å². The second kappa shape index (κ2) is 9.59. The number of carbonyl (C=O) groups is 3. The number of sulfonamides is 1. The van der Waals surface area contributed by atoms with Gasteiger partial charge in [-0.2, -0.15) is 0 Å². The van der Waals surface area contributed by atoms with Crippen LogP contribution in [0.2, 0.25) is 0 Å². The van der Waals surface area contributed by atoms with Gasteiger partial charge in [0.15, 0.2) is 0 Å². The molecule has 1 saturated heterocycles. The van der Waals surface area contributed by atoms with Gasteiger partial charge in [-0.25, -0.2) is 13.2 Å². The summed E-state index contributed by atoms with van der Waals surface area (Å²) < 4.78 is 32.6. The van der Waals surface area contributed by atoms with Crippen molar-refractivity contribution < 1.29 is 32.6 Å². The van der Waals surface area contributed by atoms with Gasteiger partial charge in [-0.3, -0.25) is 19.2 Å². The fraction of sp³-hybridized carbons (Fsp3) is 0.483. The molecule has 3 N–H and O–H groups in total. The molecule has 2 aromatic rings. The molecule has 3 aliphatic rings. The summed E-state index contributed by atoms with van der Waals surface area (Å²) in [4.78, 5) is 41.3. The number of hydrogen-bond donors (Lipinski definition) is 3. The van der Waals surface area contributed by atoms with E-state index in [-0.39, 0.29) is 19.4 Å². The van der Waals surface area contributed by atoms with Crippen LogP contribution in [-0.4, -0.2) is 65.3 Å². The summed E-state index contributed by atoms with van der Waals surface area (Å²) in [6, 6.07) is 11.9. The molecule has 5 rings (SSSR count). The molecular weight excluding hydrogens is 534 g/mol. The normalized spacial score (nSPS) is 28.1. The van der Waals surface area contributed by atoms with E-state index in [1.54, 1.807) is 26.8 Å². The van der Waals surface area contributed by atoms with E-state index < -0.39 is 61.9 Å². The molecule has 3 amide bonds. The molecule has 3 fully saturated rings. The van der Waals surface area contributed by atoms with Crippen molar-refractivity contribution in [3.8, 4) is 0 Å². The van der Waals surface area contributed by atoms with E-state index in [0.29, 0.717) is 18.4 Å². The average Bonchev–Trinajstić information content (AvgIpc) is 3.80. The van der Waals surface area contributed by atoms with Gasteiger partial charge in [0.05, 0.1) is 11.8 Å². The van der Waals surface area contributed by atoms with Crippen LogP contribution in [0.25, 0.3) is 10.8 Å². The fourth-order valence-electron chi connectivity index (χ4n) is 5.34. The molecule has 0 spiro atoms. The van der Waals surface area contributed by atoms with Gasteiger partial charge in [0, 0.05) is 12.3 Å². The number of likely N-dealkylation sites (tertiary alicyclic amines) is 1. The highest BCUT2D eigenvalue weighted by molar-refractivity contribution is 7.91. The number of β-amino-alcohol motifs (C(OH)–C–C–N with tert-alkyl or cyclic N) is 1. The van der Waals surface area contributed by atoms with Gasteiger partial charge in [0.2, 0.25) is 15.9 Å². The number of fused-ring (bicyclic) bond motifs is 1. The highest BCUT2D eigenvalue weighted by Crippen LogP contribution is 2.46. The van der Waals surface area contributed by atoms with Crippen molar-refractivity contribution in [2.75, 3.05) is 6.54 Å². The molecule has 1 heterocycles. The predicted molar refractivity (Wildman–Crippen MR) is 148 cm³/mol. The number of hydrogen-bond acceptors (Lipinski definition) is 7. The van der Waals surface area contributed by atoms with Crippen LogP contribution in [0.3, 0.4) is 0 Å². The Morgan fingerprint density at radius 2 is 1.77 bits per heavy atom. The molecule has 4 atom stereocenters. The molecule has 0 radical (unpaired) electrons. The standard InChI is InChI=1S/C29H35N3O7S/c1-5-20-15-29(20,25(34)31-40(37,38)22-12-13-22)30-24(33)23-16-28(36,17-32(23)26(35)39-27(2,3)4)21-11-10-18-8-6-7-9-19(18)14-21/h5-11,14,20,22-23,36H,1,12-13,15-17H2,2-4H3,(H,30,33)(H,31,34)/t20-,23+,28+,29-/m1/s1. The number of nitrogens with one attached hydrogen (secondary N) is 2. The van der Waals surface area contributed by atoms with Crippen molar-refractivity contribution >= 4 is 38.7 Å². The second-order valence-corrected chi connectivity index (χ2v) is 14.1. The van der Waals surface area contributed by atoms with Crippen molar-refractivity contribution in [3.05, 3.63) is 60.7 Å². The summed E-state index contributed by atoms with van der Waals surface area (Å²) >= 11 is 0. The molecule has 0 aromatic heterocycles. The van der Waals surface area contributed by atoms with Crippen LogP contribution in [0.5, 0.6) is 0 Å². The largest absolute Gasteiger partial charge is 0.444 e. The summed E-state index contributed by atoms with van der Waals surface area (Å²) in [6.07, 6.45) is 1.70. The van der Waals surface area contributed by atoms with Crippen LogP contribution < -0.4 is 10.0 Å². The Morgan fingerprint density at radius 3 is 2.38 bits per heavy atom. The van der Waals surface area contributed by atoms with E-state index >= 15 is 0 Å². The molecule has 2 aliphatic carbocycles. The number of amides is 3. The first-order valence-corrected chi connectivity index (χ1v) is 14.9. The minimum atomic E-state index is -3.84. The predicted octanol–water partition coefficient (Wildman–Crippen LogP) is 2.71. The molecular formula is C29H35N3O7S. The minimum absolute atomic E-state index is 0.146. The van der Waals surface area contributed by atoms with Gasteiger partial charge in [-0.1, -0.05) is 42.5 Å². The van der Waals surface area contributed by atoms with Crippen LogP contribution >= 0.6 is 0 Å². The highest BCUT2D eigenvalue weighted by Gasteiger charge is 2.62. The minimum Gasteiger partial charge on any atom is -0.444 e. The topological polar surface area (TPSA) is 142 Å². The molecule has 214 valence electrons. The van der Waals surface area contributed by atoms with Gasteiger partial charge in [-0.05, 0) is 62.4 Å². The Labute approximate surface area is 233 Å². The Hall–Kier alpha value is -3.44. The number of carbonyl (C=O) groups excluding carboxylic acids is 3. The zero-order valence-electron chi connectivity index (χ0n) is 22.8. The molecule has 10 nitrogen and oxygen atoms in total. The summed E-state index contributed by atoms with van der Waals surface area (Å²) in [6.45, 7) is 8.60. The molecule has 2 aromatic carbocycles. The Kier molecular flexibility index (Phi) is 6.74. The molecule has 2 saturated carbocycles. The second-order valence-electron chi connectivity index (χ2n) is 12.1. The van der Waals surface area contributed by atoms with Crippen LogP contribution in [-0.2, 0) is 30.0 Å². The molecule has 0 unspecified atom stereocenters. The lowest BCUT2D eigenvalue weighted by Crippen LogP contribution is -2.56. The first-order chi connectivity index (χ1) is 18.7. The number of rotatable bonds is 7. The van der Waals surface area contributed by atoms with Gasteiger partial charge < -0.3 is 15.2 Å². The van der Waals surface area contributed by atoms with Crippen molar-refractivity contribution in [3.63, 3.8) is 0 Å². The van der Waals surface area contributed by atoms with Crippen molar-refractivity contribution in [2.45, 2.75) is 74.5 Å². The lowest BCUT2D eigenvalue weighted by Gasteiger charge is -2.29. The zero-order valence-corrected chi connectivity index (χ0v) is 23.7. The van der Waals surface area contributed by atoms with E-state index in [4.69, 9.17) is 4.74 Å². The van der Waals surface area contributed by atoms with Crippen LogP contribution in [0, 0.1) is 5.92 Å². The van der Waals surface area contributed by atoms with Gasteiger partial charge >= 0.3 is 6.09 Å². The van der Waals surface area contributed by atoms with E-state index in [1.165, 1.54) is 11.0 Å². The fourth-order valence-corrected chi connectivity index (χ4v) is 6.70. The summed E-state index contributed by atoms with van der Waals surface area (Å²) in [5.41, 5.74) is -3.41. The van der Waals surface area contributed by atoms with E-state index in [9.17, 15) is 27.9 Å². The Bertz CT molecular complexity index is 1500. The number of ether oxygens (including phenoxy) is 1. The Balaban J connectivity index is 1.43. The summed E-state index contributed by atoms with van der Waals surface area (Å²) in [5, 5.41) is 15.8. The third-order valence-corrected chi connectivity index (χ3v) is 9.62. The first-order valence-electron chi connectivity index (χ1n) is 13.4. The van der Waals surface area contributed by atoms with Crippen LogP contribution in [0.15, 0.2) is 55.1 Å². The number of aliphatic hydroxyl groups is 1. The lowest BCUT2D eigenvalue weighted by molar-refractivity contribution is -0.131. The lowest BCUT2D eigenvalue weighted by atomic mass is 9.89. The third kappa shape index (κ3) is 5.32. The highest BCUT2D eigenvalue weighted by atomic mass is 32.2. The van der Waals surface area contributed by atoms with E-state index in [0.717, 1.165) is 10.8 Å². The summed E-state index contributed by atoms with van der Waals surface area (Å²) in [7, 11) is -3.84. The quantitative estimate of drug-likeness (QED) is 0.435. The number of benzene rings is 2. The molecule has 11 heteroatoms. The smallest absolute Gasteiger partial charge is 0.411 e. The maximum absolute atomic E-state index is 13.8. The first kappa shape index (κ1) is 28.1. The zero-order chi connectivity index (χ0) is 29.1. The van der Waals surface area contributed by atoms with Gasteiger partial charge in [-0.15, -0.1) is 6.58 Å².